The molecule has 1 unspecified atom stereocenters. The second-order valence-electron chi connectivity index (χ2n) is 4.09. The Morgan fingerprint density at radius 1 is 1.59 bits per heavy atom. The molecule has 1 aromatic rings. The summed E-state index contributed by atoms with van der Waals surface area (Å²) in [6.45, 7) is 4.77. The van der Waals surface area contributed by atoms with Gasteiger partial charge in [0.1, 0.15) is 5.84 Å². The van der Waals surface area contributed by atoms with Crippen LogP contribution in [0.3, 0.4) is 0 Å². The van der Waals surface area contributed by atoms with E-state index in [1.807, 2.05) is 25.3 Å². The van der Waals surface area contributed by atoms with Crippen LogP contribution in [0.25, 0.3) is 0 Å². The van der Waals surface area contributed by atoms with Gasteiger partial charge in [0, 0.05) is 30.9 Å². The molecule has 4 N–H and O–H groups in total. The fraction of sp³-hybridized carbons (Fsp3) is 0.500. The van der Waals surface area contributed by atoms with Crippen molar-refractivity contribution in [2.45, 2.75) is 39.3 Å². The molecule has 0 spiro atoms. The Kier molecular flexibility index (Phi) is 5.42. The maximum Gasteiger partial charge on any atom is 0.140 e. The molecule has 5 nitrogen and oxygen atoms in total. The summed E-state index contributed by atoms with van der Waals surface area (Å²) in [6.07, 6.45) is 3.33. The minimum absolute atomic E-state index is 0.215. The minimum Gasteiger partial charge on any atom is -0.409 e. The zero-order chi connectivity index (χ0) is 12.7. The number of hydrogen-bond acceptors (Lipinski definition) is 4. The SMILES string of the molecule is CCC(C/C(N)=N/O)NCc1ccc(C)nc1. The molecule has 0 saturated carbocycles. The third kappa shape index (κ3) is 4.82. The fourth-order valence-electron chi connectivity index (χ4n) is 1.52. The van der Waals surface area contributed by atoms with Gasteiger partial charge >= 0.3 is 0 Å². The summed E-state index contributed by atoms with van der Waals surface area (Å²) in [5.41, 5.74) is 7.63. The molecule has 17 heavy (non-hydrogen) atoms. The van der Waals surface area contributed by atoms with Crippen LogP contribution in [-0.4, -0.2) is 22.1 Å². The molecule has 0 saturated heterocycles. The third-order valence-corrected chi connectivity index (χ3v) is 2.64. The maximum atomic E-state index is 8.52. The Labute approximate surface area is 102 Å². The predicted molar refractivity (Wildman–Crippen MR) is 67.9 cm³/mol. The highest BCUT2D eigenvalue weighted by Gasteiger charge is 2.08. The average Bonchev–Trinajstić information content (AvgIpc) is 2.36. The van der Waals surface area contributed by atoms with Gasteiger partial charge in [-0.3, -0.25) is 4.98 Å². The van der Waals surface area contributed by atoms with Gasteiger partial charge in [-0.25, -0.2) is 0 Å². The van der Waals surface area contributed by atoms with Crippen LogP contribution in [0.15, 0.2) is 23.5 Å². The first-order valence-corrected chi connectivity index (χ1v) is 5.77. The van der Waals surface area contributed by atoms with Gasteiger partial charge in [0.2, 0.25) is 0 Å². The van der Waals surface area contributed by atoms with Crippen LogP contribution >= 0.6 is 0 Å². The molecular formula is C12H20N4O. The summed E-state index contributed by atoms with van der Waals surface area (Å²) in [5.74, 6) is 0.256. The van der Waals surface area contributed by atoms with Crippen molar-refractivity contribution in [3.8, 4) is 0 Å². The van der Waals surface area contributed by atoms with Crippen LogP contribution in [0.4, 0.5) is 0 Å². The molecule has 1 aromatic heterocycles. The molecule has 0 bridgehead atoms. The molecule has 0 aliphatic rings. The van der Waals surface area contributed by atoms with Gasteiger partial charge < -0.3 is 16.3 Å². The van der Waals surface area contributed by atoms with E-state index in [1.165, 1.54) is 0 Å². The van der Waals surface area contributed by atoms with Crippen LogP contribution < -0.4 is 11.1 Å². The molecule has 1 atom stereocenters. The normalized spacial score (nSPS) is 13.6. The predicted octanol–water partition coefficient (Wildman–Crippen LogP) is 1.39. The smallest absolute Gasteiger partial charge is 0.140 e. The second-order valence-corrected chi connectivity index (χ2v) is 4.09. The van der Waals surface area contributed by atoms with E-state index in [0.29, 0.717) is 6.42 Å². The zero-order valence-corrected chi connectivity index (χ0v) is 10.3. The van der Waals surface area contributed by atoms with Crippen LogP contribution in [0.1, 0.15) is 31.0 Å². The van der Waals surface area contributed by atoms with E-state index in [4.69, 9.17) is 10.9 Å². The van der Waals surface area contributed by atoms with E-state index in [2.05, 4.69) is 22.4 Å². The van der Waals surface area contributed by atoms with Crippen molar-refractivity contribution in [3.63, 3.8) is 0 Å². The number of amidine groups is 1. The zero-order valence-electron chi connectivity index (χ0n) is 10.3. The van der Waals surface area contributed by atoms with Gasteiger partial charge in [-0.1, -0.05) is 18.1 Å². The van der Waals surface area contributed by atoms with Crippen molar-refractivity contribution < 1.29 is 5.21 Å². The topological polar surface area (TPSA) is 83.5 Å². The summed E-state index contributed by atoms with van der Waals surface area (Å²) >= 11 is 0. The molecule has 0 aromatic carbocycles. The van der Waals surface area contributed by atoms with Gasteiger partial charge in [-0.15, -0.1) is 0 Å². The standard InChI is InChI=1S/C12H20N4O/c1-3-11(6-12(13)16-17)15-8-10-5-4-9(2)14-7-10/h4-5,7,11,15,17H,3,6,8H2,1-2H3,(H2,13,16). The second kappa shape index (κ2) is 6.85. The van der Waals surface area contributed by atoms with Crippen LogP contribution in [-0.2, 0) is 6.54 Å². The lowest BCUT2D eigenvalue weighted by Gasteiger charge is -2.16. The van der Waals surface area contributed by atoms with E-state index in [0.717, 1.165) is 24.2 Å². The minimum atomic E-state index is 0.215. The van der Waals surface area contributed by atoms with Gasteiger partial charge in [-0.05, 0) is 25.0 Å². The van der Waals surface area contributed by atoms with Gasteiger partial charge in [0.15, 0.2) is 0 Å². The lowest BCUT2D eigenvalue weighted by Crippen LogP contribution is -2.32. The summed E-state index contributed by atoms with van der Waals surface area (Å²) in [4.78, 5) is 4.23. The Morgan fingerprint density at radius 3 is 2.88 bits per heavy atom. The first-order chi connectivity index (χ1) is 8.15. The molecule has 94 valence electrons. The fourth-order valence-corrected chi connectivity index (χ4v) is 1.52. The van der Waals surface area contributed by atoms with Crippen LogP contribution in [0.5, 0.6) is 0 Å². The quantitative estimate of drug-likeness (QED) is 0.302. The van der Waals surface area contributed by atoms with Crippen molar-refractivity contribution in [2.75, 3.05) is 0 Å². The van der Waals surface area contributed by atoms with Crippen molar-refractivity contribution in [1.29, 1.82) is 0 Å². The van der Waals surface area contributed by atoms with E-state index >= 15 is 0 Å². The summed E-state index contributed by atoms with van der Waals surface area (Å²) in [5, 5.41) is 14.9. The lowest BCUT2D eigenvalue weighted by molar-refractivity contribution is 0.315. The van der Waals surface area contributed by atoms with E-state index in [-0.39, 0.29) is 11.9 Å². The number of oxime groups is 1. The average molecular weight is 236 g/mol. The summed E-state index contributed by atoms with van der Waals surface area (Å²) in [7, 11) is 0. The van der Waals surface area contributed by atoms with Gasteiger partial charge in [0.25, 0.3) is 0 Å². The van der Waals surface area contributed by atoms with E-state index in [9.17, 15) is 0 Å². The van der Waals surface area contributed by atoms with E-state index < -0.39 is 0 Å². The number of rotatable bonds is 6. The molecular weight excluding hydrogens is 216 g/mol. The Morgan fingerprint density at radius 2 is 2.35 bits per heavy atom. The highest BCUT2D eigenvalue weighted by atomic mass is 16.4. The molecule has 0 fully saturated rings. The Bertz CT molecular complexity index is 361. The van der Waals surface area contributed by atoms with Crippen molar-refractivity contribution in [2.24, 2.45) is 10.9 Å². The third-order valence-electron chi connectivity index (χ3n) is 2.64. The molecule has 1 rings (SSSR count). The maximum absolute atomic E-state index is 8.52. The highest BCUT2D eigenvalue weighted by molar-refractivity contribution is 5.80. The first kappa shape index (κ1) is 13.4. The monoisotopic (exact) mass is 236 g/mol. The highest BCUT2D eigenvalue weighted by Crippen LogP contribution is 2.02. The largest absolute Gasteiger partial charge is 0.409 e. The van der Waals surface area contributed by atoms with Crippen LogP contribution in [0, 0.1) is 6.92 Å². The van der Waals surface area contributed by atoms with E-state index in [1.54, 1.807) is 0 Å². The number of nitrogens with zero attached hydrogens (tertiary/aromatic N) is 2. The number of hydrogen-bond donors (Lipinski definition) is 3. The molecule has 5 heteroatoms. The van der Waals surface area contributed by atoms with Gasteiger partial charge in [0.05, 0.1) is 0 Å². The first-order valence-electron chi connectivity index (χ1n) is 5.77. The number of pyridine rings is 1. The molecule has 0 aliphatic carbocycles. The Hall–Kier alpha value is -1.62. The van der Waals surface area contributed by atoms with Crippen molar-refractivity contribution in [3.05, 3.63) is 29.6 Å². The number of aromatic nitrogens is 1. The number of nitrogens with one attached hydrogen (secondary N) is 1. The lowest BCUT2D eigenvalue weighted by atomic mass is 10.1. The molecule has 0 radical (unpaired) electrons. The number of nitrogens with two attached hydrogens (primary N) is 1. The molecule has 0 aliphatic heterocycles. The van der Waals surface area contributed by atoms with Gasteiger partial charge in [-0.2, -0.15) is 0 Å². The molecule has 0 amide bonds. The summed E-state index contributed by atoms with van der Waals surface area (Å²) in [6, 6.07) is 4.25. The van der Waals surface area contributed by atoms with Crippen molar-refractivity contribution >= 4 is 5.84 Å². The Balaban J connectivity index is 2.44. The summed E-state index contributed by atoms with van der Waals surface area (Å²) < 4.78 is 0. The number of aryl methyl sites for hydroxylation is 1. The van der Waals surface area contributed by atoms with Crippen LogP contribution in [0.2, 0.25) is 0 Å². The molecule has 1 heterocycles. The van der Waals surface area contributed by atoms with Crippen molar-refractivity contribution in [1.82, 2.24) is 10.3 Å².